The number of nitrogens with one attached hydrogen (secondary N) is 1. The van der Waals surface area contributed by atoms with Crippen LogP contribution < -0.4 is 5.32 Å². The van der Waals surface area contributed by atoms with Gasteiger partial charge >= 0.3 is 12.1 Å². The van der Waals surface area contributed by atoms with E-state index in [1.165, 1.54) is 20.2 Å². The molecule has 0 atom stereocenters. The molecule has 0 fully saturated rings. The van der Waals surface area contributed by atoms with E-state index in [0.29, 0.717) is 0 Å². The first kappa shape index (κ1) is 21.5. The Hall–Kier alpha value is -2.55. The number of alkyl halides is 3. The summed E-state index contributed by atoms with van der Waals surface area (Å²) in [6.07, 6.45) is -2.63. The molecular formula is C16H16ClF3N2O4. The van der Waals surface area contributed by atoms with Gasteiger partial charge in [0.15, 0.2) is 6.61 Å². The van der Waals surface area contributed by atoms with Gasteiger partial charge in [0.25, 0.3) is 5.91 Å². The summed E-state index contributed by atoms with van der Waals surface area (Å²) in [6.45, 7) is -0.807. The molecule has 0 saturated heterocycles. The van der Waals surface area contributed by atoms with Crippen molar-refractivity contribution in [2.75, 3.05) is 27.2 Å². The van der Waals surface area contributed by atoms with Crippen molar-refractivity contribution in [2.24, 2.45) is 0 Å². The molecule has 0 saturated carbocycles. The van der Waals surface area contributed by atoms with Crippen LogP contribution in [-0.4, -0.2) is 49.9 Å². The highest BCUT2D eigenvalue weighted by atomic mass is 35.5. The monoisotopic (exact) mass is 392 g/mol. The number of benzene rings is 1. The van der Waals surface area contributed by atoms with Crippen molar-refractivity contribution in [1.29, 1.82) is 0 Å². The van der Waals surface area contributed by atoms with Gasteiger partial charge in [0.2, 0.25) is 5.91 Å². The van der Waals surface area contributed by atoms with Crippen molar-refractivity contribution in [3.8, 4) is 0 Å². The summed E-state index contributed by atoms with van der Waals surface area (Å²) in [4.78, 5) is 35.4. The Labute approximate surface area is 152 Å². The summed E-state index contributed by atoms with van der Waals surface area (Å²) >= 11 is 5.50. The molecule has 6 nitrogen and oxygen atoms in total. The Morgan fingerprint density at radius 3 is 2.54 bits per heavy atom. The second-order valence-electron chi connectivity index (χ2n) is 5.10. The highest BCUT2D eigenvalue weighted by molar-refractivity contribution is 6.31. The fraction of sp³-hybridized carbons (Fsp3) is 0.312. The third-order valence-electron chi connectivity index (χ3n) is 3.13. The third-order valence-corrected chi connectivity index (χ3v) is 3.46. The van der Waals surface area contributed by atoms with Crippen LogP contribution in [0.2, 0.25) is 5.02 Å². The number of halogens is 4. The van der Waals surface area contributed by atoms with Crippen molar-refractivity contribution in [2.45, 2.75) is 6.18 Å². The average molecular weight is 393 g/mol. The molecule has 0 heterocycles. The van der Waals surface area contributed by atoms with E-state index in [4.69, 9.17) is 11.6 Å². The van der Waals surface area contributed by atoms with Crippen LogP contribution in [0.25, 0.3) is 6.08 Å². The zero-order valence-corrected chi connectivity index (χ0v) is 14.6. The predicted octanol–water partition coefficient (Wildman–Crippen LogP) is 2.12. The van der Waals surface area contributed by atoms with E-state index < -0.39 is 41.2 Å². The number of hydrogen-bond donors (Lipinski definition) is 1. The van der Waals surface area contributed by atoms with Crippen molar-refractivity contribution in [3.63, 3.8) is 0 Å². The number of carbonyl (C=O) groups is 3. The smallest absolute Gasteiger partial charge is 0.417 e. The maximum absolute atomic E-state index is 12.8. The standard InChI is InChI=1S/C16H16ClF3N2O4/c1-21-13(23)8-22(2)14(24)9-26-15(25)6-4-10-3-5-12(17)11(7-10)16(18,19)20/h3-7H,8-9H2,1-2H3,(H,21,23)/b6-4+. The van der Waals surface area contributed by atoms with Gasteiger partial charge in [-0.2, -0.15) is 13.2 Å². The van der Waals surface area contributed by atoms with Crippen LogP contribution >= 0.6 is 11.6 Å². The summed E-state index contributed by atoms with van der Waals surface area (Å²) in [5, 5.41) is 1.88. The number of esters is 1. The molecule has 0 radical (unpaired) electrons. The summed E-state index contributed by atoms with van der Waals surface area (Å²) in [6, 6.07) is 3.14. The number of ether oxygens (including phenoxy) is 1. The Balaban J connectivity index is 2.63. The second-order valence-corrected chi connectivity index (χ2v) is 5.51. The number of rotatable bonds is 6. The van der Waals surface area contributed by atoms with Gasteiger partial charge in [-0.1, -0.05) is 17.7 Å². The minimum Gasteiger partial charge on any atom is -0.452 e. The first-order valence-corrected chi connectivity index (χ1v) is 7.58. The molecule has 0 aliphatic carbocycles. The molecule has 1 aromatic carbocycles. The van der Waals surface area contributed by atoms with E-state index in [1.54, 1.807) is 0 Å². The van der Waals surface area contributed by atoms with Gasteiger partial charge < -0.3 is 15.0 Å². The van der Waals surface area contributed by atoms with Crippen LogP contribution in [0, 0.1) is 0 Å². The lowest BCUT2D eigenvalue weighted by atomic mass is 10.1. The Morgan fingerprint density at radius 1 is 1.31 bits per heavy atom. The minimum atomic E-state index is -4.62. The summed E-state index contributed by atoms with van der Waals surface area (Å²) < 4.78 is 43.0. The van der Waals surface area contributed by atoms with E-state index in [2.05, 4.69) is 10.1 Å². The fourth-order valence-corrected chi connectivity index (χ4v) is 1.93. The summed E-state index contributed by atoms with van der Waals surface area (Å²) in [5.41, 5.74) is -0.942. The van der Waals surface area contributed by atoms with Crippen LogP contribution in [0.1, 0.15) is 11.1 Å². The molecule has 0 unspecified atom stereocenters. The van der Waals surface area contributed by atoms with Crippen LogP contribution in [0.15, 0.2) is 24.3 Å². The topological polar surface area (TPSA) is 75.7 Å². The number of likely N-dealkylation sites (N-methyl/N-ethyl adjacent to an activating group) is 2. The highest BCUT2D eigenvalue weighted by Crippen LogP contribution is 2.35. The van der Waals surface area contributed by atoms with E-state index in [9.17, 15) is 27.6 Å². The molecular weight excluding hydrogens is 377 g/mol. The van der Waals surface area contributed by atoms with Crippen LogP contribution in [0.4, 0.5) is 13.2 Å². The van der Waals surface area contributed by atoms with E-state index >= 15 is 0 Å². The normalized spacial score (nSPS) is 11.3. The molecule has 0 bridgehead atoms. The highest BCUT2D eigenvalue weighted by Gasteiger charge is 2.33. The Morgan fingerprint density at radius 2 is 1.96 bits per heavy atom. The van der Waals surface area contributed by atoms with Crippen molar-refractivity contribution >= 4 is 35.5 Å². The maximum atomic E-state index is 12.8. The minimum absolute atomic E-state index is 0.0849. The molecule has 1 N–H and O–H groups in total. The average Bonchev–Trinajstić information content (AvgIpc) is 2.57. The number of hydrogen-bond acceptors (Lipinski definition) is 4. The van der Waals surface area contributed by atoms with Gasteiger partial charge in [-0.05, 0) is 23.8 Å². The summed E-state index contributed by atoms with van der Waals surface area (Å²) in [5.74, 6) is -1.92. The predicted molar refractivity (Wildman–Crippen MR) is 88.2 cm³/mol. The molecule has 0 aromatic heterocycles. The van der Waals surface area contributed by atoms with Gasteiger partial charge in [-0.3, -0.25) is 9.59 Å². The largest absolute Gasteiger partial charge is 0.452 e. The number of nitrogens with zero attached hydrogens (tertiary/aromatic N) is 1. The molecule has 0 aliphatic heterocycles. The van der Waals surface area contributed by atoms with Crippen molar-refractivity contribution in [1.82, 2.24) is 10.2 Å². The van der Waals surface area contributed by atoms with Crippen LogP contribution in [0.5, 0.6) is 0 Å². The van der Waals surface area contributed by atoms with Gasteiger partial charge in [-0.25, -0.2) is 4.79 Å². The maximum Gasteiger partial charge on any atom is 0.417 e. The molecule has 0 spiro atoms. The summed E-state index contributed by atoms with van der Waals surface area (Å²) in [7, 11) is 2.76. The number of carbonyl (C=O) groups excluding carboxylic acids is 3. The van der Waals surface area contributed by atoms with Gasteiger partial charge in [0, 0.05) is 20.2 Å². The zero-order chi connectivity index (χ0) is 19.9. The third kappa shape index (κ3) is 6.75. The van der Waals surface area contributed by atoms with E-state index in [1.807, 2.05) is 0 Å². The fourth-order valence-electron chi connectivity index (χ4n) is 1.70. The molecule has 1 rings (SSSR count). The lowest BCUT2D eigenvalue weighted by Gasteiger charge is -2.15. The molecule has 1 aromatic rings. The molecule has 10 heteroatoms. The van der Waals surface area contributed by atoms with E-state index in [-0.39, 0.29) is 12.1 Å². The Kier molecular flexibility index (Phi) is 7.63. The van der Waals surface area contributed by atoms with E-state index in [0.717, 1.165) is 29.2 Å². The molecule has 2 amide bonds. The first-order valence-electron chi connectivity index (χ1n) is 7.20. The lowest BCUT2D eigenvalue weighted by Crippen LogP contribution is -2.38. The van der Waals surface area contributed by atoms with Gasteiger partial charge in [0.05, 0.1) is 17.1 Å². The lowest BCUT2D eigenvalue weighted by molar-refractivity contribution is -0.148. The second kappa shape index (κ2) is 9.23. The van der Waals surface area contributed by atoms with Gasteiger partial charge in [-0.15, -0.1) is 0 Å². The van der Waals surface area contributed by atoms with Crippen LogP contribution in [-0.2, 0) is 25.3 Å². The van der Waals surface area contributed by atoms with Crippen molar-refractivity contribution in [3.05, 3.63) is 40.4 Å². The Bertz CT molecular complexity index is 720. The van der Waals surface area contributed by atoms with Crippen LogP contribution in [0.3, 0.4) is 0 Å². The number of amides is 2. The SMILES string of the molecule is CNC(=O)CN(C)C(=O)COC(=O)/C=C/c1ccc(Cl)c(C(F)(F)F)c1. The molecule has 0 aliphatic rings. The first-order chi connectivity index (χ1) is 12.0. The molecule has 142 valence electrons. The molecule has 26 heavy (non-hydrogen) atoms. The quantitative estimate of drug-likeness (QED) is 0.594. The van der Waals surface area contributed by atoms with Gasteiger partial charge in [0.1, 0.15) is 0 Å². The zero-order valence-electron chi connectivity index (χ0n) is 13.9. The van der Waals surface area contributed by atoms with Crippen molar-refractivity contribution < 1.29 is 32.3 Å².